The van der Waals surface area contributed by atoms with Crippen molar-refractivity contribution in [3.63, 3.8) is 0 Å². The standard InChI is InChI=1S/C30H42.C24H33F5O.C23H23F.C22H29F5O.C18H32.C17H28/c1-3-5-23-7-11-25(12-8-23)27-15-19-29(20-16-27)30-21-17-28(18-22-30)26-13-9-24(6-4-2)10-14-26;1-2-3-4-5-16-6-8-17(9-7-16)18-10-12-19(13-11-18)24(28,29)30-20-14-21(25)23(27)22(26)15-20;1-3-5-18-8-12-20(13-9-18)22-15-14-21(16-23(22)24)19-10-6-17(4-2)7-11-19;1-2-3-14-4-6-15(7-5-14)16-8-10-17(11-9-16)22(26,27)28-18-12-19(23)21(25)20(24)13-18;1-3-5-15-7-11-17(12-8-15)18-13-9-16(6-4-2)10-14-18;1-3-5-15-8-12-17(13-9-15)16-10-6-14(4-2)7-11-16/h15-26H,3-14H2,1-2H3;14-19H,2-13H2,1H3;6-16H,3-5H2,1-2H3;12-17H,2-11H2,1H3;3,5,15-18H,4,6-14H2,1-2H3;3-5,14-17H,2,6-13H2,1H3/b;;;;2*5-3+. The number of aryl methyl sites for hydroxylation is 2. The van der Waals surface area contributed by atoms with Crippen LogP contribution in [0.25, 0.3) is 33.4 Å². The third-order valence-electron chi connectivity index (χ3n) is 37.2. The molecule has 0 amide bonds. The number of allylic oxidation sites excluding steroid dienone is 5. The molecule has 812 valence electrons. The average Bonchev–Trinajstić information content (AvgIpc) is 0.834. The van der Waals surface area contributed by atoms with Gasteiger partial charge in [-0.2, -0.15) is 17.6 Å². The van der Waals surface area contributed by atoms with Crippen molar-refractivity contribution in [1.29, 1.82) is 0 Å². The first-order valence-electron chi connectivity index (χ1n) is 59.7. The third-order valence-corrected chi connectivity index (χ3v) is 37.2. The molecule has 0 bridgehead atoms. The van der Waals surface area contributed by atoms with Gasteiger partial charge in [0.25, 0.3) is 0 Å². The SMILES string of the molecule is C/C=C/C1CCC(C2CCC(CCC)CC2)CC1.C=CC1CCC(C2CCC(/C=C/C)CC2)CC1.CCCC1CCC(C2CCC(C(F)(F)Oc3cc(F)c(F)c(F)c3)CC2)CC1.CCCC1CCC(c2ccc(-c3ccc(C4CCC(CCC)CC4)cc3)cc2)CC1.CCCCCC1CCC(C2CCC(C(F)(F)Oc3cc(F)c(F)c(F)c3)CC2)CC1.CCCc1ccc(-c2ccc(-c3ccc(CC)cc3)cc2F)cc1. The molecule has 0 saturated heterocycles. The molecule has 10 fully saturated rings. The van der Waals surface area contributed by atoms with E-state index in [4.69, 9.17) is 0 Å². The van der Waals surface area contributed by atoms with Gasteiger partial charge >= 0.3 is 12.2 Å². The highest BCUT2D eigenvalue weighted by atomic mass is 19.3. The molecule has 10 aliphatic rings. The maximum atomic E-state index is 14.6. The number of rotatable bonds is 33. The highest BCUT2D eigenvalue weighted by Gasteiger charge is 2.48. The van der Waals surface area contributed by atoms with E-state index in [1.807, 2.05) is 24.3 Å². The summed E-state index contributed by atoms with van der Waals surface area (Å²) in [5.41, 5.74) is 12.0. The number of hydrogen-bond acceptors (Lipinski definition) is 2. The normalized spacial score (nSPS) is 27.7. The molecular formula is C134H187F11O2. The predicted molar refractivity (Wildman–Crippen MR) is 593 cm³/mol. The van der Waals surface area contributed by atoms with Crippen molar-refractivity contribution in [2.45, 2.75) is 440 Å². The molecule has 10 aliphatic carbocycles. The molecule has 0 atom stereocenters. The molecule has 147 heavy (non-hydrogen) atoms. The molecular weight excluding hydrogens is 1850 g/mol. The summed E-state index contributed by atoms with van der Waals surface area (Å²) in [7, 11) is 0. The molecule has 0 heterocycles. The van der Waals surface area contributed by atoms with E-state index in [1.165, 1.54) is 292 Å². The summed E-state index contributed by atoms with van der Waals surface area (Å²) in [5.74, 6) is 2.35. The van der Waals surface area contributed by atoms with Gasteiger partial charge < -0.3 is 9.47 Å². The summed E-state index contributed by atoms with van der Waals surface area (Å²) in [6.45, 7) is 24.0. The van der Waals surface area contributed by atoms with E-state index >= 15 is 0 Å². The smallest absolute Gasteiger partial charge is 0.400 e. The maximum absolute atomic E-state index is 14.6. The summed E-state index contributed by atoms with van der Waals surface area (Å²) >= 11 is 0. The van der Waals surface area contributed by atoms with Gasteiger partial charge in [-0.1, -0.05) is 310 Å². The zero-order valence-corrected chi connectivity index (χ0v) is 91.8. The van der Waals surface area contributed by atoms with Crippen molar-refractivity contribution in [2.24, 2.45) is 107 Å². The zero-order valence-electron chi connectivity index (χ0n) is 91.8. The monoisotopic (exact) mass is 2040 g/mol. The van der Waals surface area contributed by atoms with Crippen LogP contribution in [0.15, 0.2) is 176 Å². The first-order valence-corrected chi connectivity index (χ1v) is 59.7. The molecule has 0 spiro atoms. The van der Waals surface area contributed by atoms with E-state index in [1.54, 1.807) is 30.0 Å². The Balaban J connectivity index is 0.000000159. The van der Waals surface area contributed by atoms with Crippen molar-refractivity contribution in [3.8, 4) is 44.9 Å². The van der Waals surface area contributed by atoms with Crippen LogP contribution in [0.5, 0.6) is 11.5 Å². The van der Waals surface area contributed by atoms with Gasteiger partial charge in [0.05, 0.1) is 11.8 Å². The molecule has 0 radical (unpaired) electrons. The second-order valence-corrected chi connectivity index (χ2v) is 47.1. The Hall–Kier alpha value is -7.41. The summed E-state index contributed by atoms with van der Waals surface area (Å²) in [6, 6.07) is 43.0. The van der Waals surface area contributed by atoms with Gasteiger partial charge in [-0.25, -0.2) is 30.7 Å². The van der Waals surface area contributed by atoms with Crippen LogP contribution in [0.3, 0.4) is 0 Å². The highest BCUT2D eigenvalue weighted by Crippen LogP contribution is 2.52. The van der Waals surface area contributed by atoms with Crippen LogP contribution in [-0.2, 0) is 12.8 Å². The van der Waals surface area contributed by atoms with E-state index < -0.39 is 70.5 Å². The minimum atomic E-state index is -3.53. The minimum Gasteiger partial charge on any atom is -0.432 e. The Morgan fingerprint density at radius 1 is 0.279 bits per heavy atom. The van der Waals surface area contributed by atoms with Crippen LogP contribution in [0.2, 0.25) is 0 Å². The van der Waals surface area contributed by atoms with Crippen molar-refractivity contribution in [2.75, 3.05) is 0 Å². The molecule has 2 nitrogen and oxygen atoms in total. The van der Waals surface area contributed by atoms with Crippen LogP contribution in [0.1, 0.15) is 437 Å². The lowest BCUT2D eigenvalue weighted by Crippen LogP contribution is -2.38. The molecule has 0 aromatic heterocycles. The third kappa shape index (κ3) is 36.7. The number of unbranched alkanes of at least 4 members (excludes halogenated alkanes) is 2. The number of halogens is 11. The Kier molecular flexibility index (Phi) is 49.4. The van der Waals surface area contributed by atoms with Gasteiger partial charge in [-0.3, -0.25) is 0 Å². The molecule has 17 rings (SSSR count). The van der Waals surface area contributed by atoms with Gasteiger partial charge in [0, 0.05) is 29.8 Å². The van der Waals surface area contributed by atoms with Gasteiger partial charge in [0.1, 0.15) is 17.3 Å². The summed E-state index contributed by atoms with van der Waals surface area (Å²) in [6.07, 6.45) is 72.9. The summed E-state index contributed by atoms with van der Waals surface area (Å²) in [5, 5.41) is 0. The molecule has 0 aliphatic heterocycles. The van der Waals surface area contributed by atoms with E-state index in [0.29, 0.717) is 79.2 Å². The van der Waals surface area contributed by atoms with E-state index in [0.717, 1.165) is 144 Å². The zero-order chi connectivity index (χ0) is 105. The first-order chi connectivity index (χ1) is 71.2. The summed E-state index contributed by atoms with van der Waals surface area (Å²) in [4.78, 5) is 0. The van der Waals surface area contributed by atoms with Crippen LogP contribution < -0.4 is 9.47 Å². The Bertz CT molecular complexity index is 4790. The molecule has 10 saturated carbocycles. The van der Waals surface area contributed by atoms with E-state index in [-0.39, 0.29) is 5.82 Å². The highest BCUT2D eigenvalue weighted by molar-refractivity contribution is 5.71. The van der Waals surface area contributed by atoms with Gasteiger partial charge in [-0.15, -0.1) is 6.58 Å². The number of hydrogen-bond donors (Lipinski definition) is 0. The van der Waals surface area contributed by atoms with Crippen LogP contribution in [0.4, 0.5) is 48.3 Å². The van der Waals surface area contributed by atoms with Crippen molar-refractivity contribution < 1.29 is 57.8 Å². The van der Waals surface area contributed by atoms with E-state index in [9.17, 15) is 48.3 Å². The van der Waals surface area contributed by atoms with Crippen LogP contribution in [-0.4, -0.2) is 12.2 Å². The lowest BCUT2D eigenvalue weighted by Gasteiger charge is -2.39. The van der Waals surface area contributed by atoms with Gasteiger partial charge in [-0.05, 0) is 408 Å². The van der Waals surface area contributed by atoms with Gasteiger partial charge in [0.2, 0.25) is 0 Å². The fourth-order valence-electron chi connectivity index (χ4n) is 28.2. The lowest BCUT2D eigenvalue weighted by molar-refractivity contribution is -0.225. The van der Waals surface area contributed by atoms with Crippen LogP contribution >= 0.6 is 0 Å². The topological polar surface area (TPSA) is 18.5 Å². The largest absolute Gasteiger partial charge is 0.432 e. The molecule has 7 aromatic rings. The Morgan fingerprint density at radius 2 is 0.565 bits per heavy atom. The quantitative estimate of drug-likeness (QED) is 0.0177. The fourth-order valence-corrected chi connectivity index (χ4v) is 28.2. The van der Waals surface area contributed by atoms with Crippen molar-refractivity contribution in [1.82, 2.24) is 0 Å². The minimum absolute atomic E-state index is 0.171. The number of alkyl halides is 4. The first kappa shape index (κ1) is 118. The molecule has 13 heteroatoms. The van der Waals surface area contributed by atoms with E-state index in [2.05, 4.69) is 194 Å². The van der Waals surface area contributed by atoms with Crippen molar-refractivity contribution in [3.05, 3.63) is 239 Å². The molecule has 0 N–H and O–H groups in total. The predicted octanol–water partition coefficient (Wildman–Crippen LogP) is 43.3. The maximum Gasteiger partial charge on any atom is 0.400 e. The average molecular weight is 2040 g/mol. The Morgan fingerprint density at radius 3 is 0.871 bits per heavy atom. The molecule has 0 unspecified atom stereocenters. The number of ether oxygens (including phenoxy) is 2. The fraction of sp³-hybridized carbons (Fsp3) is 0.642. The van der Waals surface area contributed by atoms with Gasteiger partial charge in [0.15, 0.2) is 34.9 Å². The second-order valence-electron chi connectivity index (χ2n) is 47.1. The van der Waals surface area contributed by atoms with Crippen LogP contribution in [0, 0.1) is 147 Å². The second kappa shape index (κ2) is 61.5. The van der Waals surface area contributed by atoms with Crippen molar-refractivity contribution >= 4 is 0 Å². The number of benzene rings is 7. The summed E-state index contributed by atoms with van der Waals surface area (Å²) < 4.78 is 161. The Labute approximate surface area is 882 Å². The lowest BCUT2D eigenvalue weighted by atomic mass is 9.68. The molecule has 7 aromatic carbocycles.